The van der Waals surface area contributed by atoms with Crippen LogP contribution in [0.2, 0.25) is 0 Å². The fraction of sp³-hybridized carbons (Fsp3) is 0.238. The quantitative estimate of drug-likeness (QED) is 0.722. The molecular weight excluding hydrogens is 310 g/mol. The lowest BCUT2D eigenvalue weighted by Gasteiger charge is -2.19. The van der Waals surface area contributed by atoms with Crippen molar-refractivity contribution in [3.05, 3.63) is 82.7 Å². The summed E-state index contributed by atoms with van der Waals surface area (Å²) >= 11 is 0. The summed E-state index contributed by atoms with van der Waals surface area (Å²) in [6.45, 7) is 6.49. The number of carbonyl (C=O) groups is 1. The molecule has 0 N–H and O–H groups in total. The van der Waals surface area contributed by atoms with E-state index < -0.39 is 0 Å². The van der Waals surface area contributed by atoms with Crippen LogP contribution in [0, 0.1) is 20.8 Å². The van der Waals surface area contributed by atoms with Crippen molar-refractivity contribution in [1.29, 1.82) is 0 Å². The second-order valence-electron chi connectivity index (χ2n) is 6.38. The summed E-state index contributed by atoms with van der Waals surface area (Å²) < 4.78 is 1.84. The number of nitrogens with zero attached hydrogens (tertiary/aromatic N) is 3. The Bertz CT molecular complexity index is 897. The van der Waals surface area contributed by atoms with Crippen molar-refractivity contribution in [2.75, 3.05) is 7.05 Å². The Balaban J connectivity index is 1.90. The summed E-state index contributed by atoms with van der Waals surface area (Å²) in [5.74, 6) is 0.000402. The number of carbonyl (C=O) groups excluding carboxylic acids is 1. The van der Waals surface area contributed by atoms with Crippen LogP contribution in [-0.4, -0.2) is 27.6 Å². The Hall–Kier alpha value is -2.88. The van der Waals surface area contributed by atoms with E-state index in [-0.39, 0.29) is 5.91 Å². The number of hydrogen-bond donors (Lipinski definition) is 0. The van der Waals surface area contributed by atoms with Crippen molar-refractivity contribution >= 4 is 5.91 Å². The van der Waals surface area contributed by atoms with Gasteiger partial charge in [0.15, 0.2) is 0 Å². The van der Waals surface area contributed by atoms with Crippen molar-refractivity contribution in [1.82, 2.24) is 14.7 Å². The molecule has 4 nitrogen and oxygen atoms in total. The van der Waals surface area contributed by atoms with Crippen LogP contribution in [0.3, 0.4) is 0 Å². The van der Waals surface area contributed by atoms with Crippen molar-refractivity contribution in [2.24, 2.45) is 0 Å². The van der Waals surface area contributed by atoms with Crippen molar-refractivity contribution in [3.8, 4) is 5.69 Å². The van der Waals surface area contributed by atoms with Crippen LogP contribution >= 0.6 is 0 Å². The Morgan fingerprint density at radius 3 is 2.32 bits per heavy atom. The fourth-order valence-corrected chi connectivity index (χ4v) is 3.08. The molecule has 1 heterocycles. The first-order valence-electron chi connectivity index (χ1n) is 8.40. The van der Waals surface area contributed by atoms with E-state index in [1.807, 2.05) is 68.0 Å². The molecule has 0 atom stereocenters. The standard InChI is InChI=1S/C21H23N3O/c1-15-10-8-9-11-18(15)14-23(4)21(25)20-16(2)22-24(17(20)3)19-12-6-5-7-13-19/h5-13H,14H2,1-4H3. The SMILES string of the molecule is Cc1ccccc1CN(C)C(=O)c1c(C)nn(-c2ccccc2)c1C. The molecule has 1 aromatic heterocycles. The van der Waals surface area contributed by atoms with Crippen molar-refractivity contribution in [3.63, 3.8) is 0 Å². The third-order valence-corrected chi connectivity index (χ3v) is 4.52. The molecule has 0 bridgehead atoms. The van der Waals surface area contributed by atoms with E-state index in [2.05, 4.69) is 24.2 Å². The van der Waals surface area contributed by atoms with Gasteiger partial charge < -0.3 is 4.90 Å². The lowest BCUT2D eigenvalue weighted by atomic mass is 10.1. The molecule has 3 rings (SSSR count). The molecule has 0 aliphatic carbocycles. The predicted octanol–water partition coefficient (Wildman–Crippen LogP) is 4.07. The molecule has 0 unspecified atom stereocenters. The van der Waals surface area contributed by atoms with Gasteiger partial charge >= 0.3 is 0 Å². The maximum Gasteiger partial charge on any atom is 0.257 e. The molecule has 0 aliphatic heterocycles. The summed E-state index contributed by atoms with van der Waals surface area (Å²) in [6.07, 6.45) is 0. The zero-order chi connectivity index (χ0) is 18.0. The van der Waals surface area contributed by atoms with E-state index >= 15 is 0 Å². The number of benzene rings is 2. The van der Waals surface area contributed by atoms with Crippen LogP contribution in [-0.2, 0) is 6.54 Å². The van der Waals surface area contributed by atoms with Gasteiger partial charge in [0.2, 0.25) is 0 Å². The highest BCUT2D eigenvalue weighted by atomic mass is 16.2. The van der Waals surface area contributed by atoms with Gasteiger partial charge in [-0.1, -0.05) is 42.5 Å². The Morgan fingerprint density at radius 1 is 1.00 bits per heavy atom. The first-order valence-corrected chi connectivity index (χ1v) is 8.40. The third kappa shape index (κ3) is 3.33. The zero-order valence-electron chi connectivity index (χ0n) is 15.2. The van der Waals surface area contributed by atoms with Crippen molar-refractivity contribution < 1.29 is 4.79 Å². The summed E-state index contributed by atoms with van der Waals surface area (Å²) in [4.78, 5) is 14.8. The van der Waals surface area contributed by atoms with Gasteiger partial charge in [-0.25, -0.2) is 4.68 Å². The minimum atomic E-state index is 0.000402. The Kier molecular flexibility index (Phi) is 4.70. The topological polar surface area (TPSA) is 38.1 Å². The average Bonchev–Trinajstić information content (AvgIpc) is 2.91. The third-order valence-electron chi connectivity index (χ3n) is 4.52. The monoisotopic (exact) mass is 333 g/mol. The van der Waals surface area contributed by atoms with Gasteiger partial charge in [0.25, 0.3) is 5.91 Å². The Labute approximate surface area is 148 Å². The zero-order valence-corrected chi connectivity index (χ0v) is 15.2. The summed E-state index contributed by atoms with van der Waals surface area (Å²) in [5, 5.41) is 4.58. The van der Waals surface area contributed by atoms with Gasteiger partial charge in [0.05, 0.1) is 22.6 Å². The van der Waals surface area contributed by atoms with E-state index in [0.717, 1.165) is 22.6 Å². The van der Waals surface area contributed by atoms with Gasteiger partial charge in [-0.05, 0) is 44.0 Å². The van der Waals surface area contributed by atoms with Crippen LogP contribution in [0.4, 0.5) is 0 Å². The fourth-order valence-electron chi connectivity index (χ4n) is 3.08. The highest BCUT2D eigenvalue weighted by molar-refractivity contribution is 5.96. The molecule has 3 aromatic rings. The molecule has 1 amide bonds. The highest BCUT2D eigenvalue weighted by Crippen LogP contribution is 2.20. The normalized spacial score (nSPS) is 10.7. The van der Waals surface area contributed by atoms with Gasteiger partial charge in [0.1, 0.15) is 0 Å². The van der Waals surface area contributed by atoms with Gasteiger partial charge in [-0.15, -0.1) is 0 Å². The average molecular weight is 333 g/mol. The predicted molar refractivity (Wildman–Crippen MR) is 100 cm³/mol. The Morgan fingerprint density at radius 2 is 1.64 bits per heavy atom. The molecule has 0 aliphatic rings. The van der Waals surface area contributed by atoms with E-state index in [1.165, 1.54) is 5.56 Å². The van der Waals surface area contributed by atoms with Crippen LogP contribution < -0.4 is 0 Å². The second-order valence-corrected chi connectivity index (χ2v) is 6.38. The molecule has 0 fully saturated rings. The van der Waals surface area contributed by atoms with E-state index in [1.54, 1.807) is 4.90 Å². The molecular formula is C21H23N3O. The lowest BCUT2D eigenvalue weighted by Crippen LogP contribution is -2.27. The number of para-hydroxylation sites is 1. The summed E-state index contributed by atoms with van der Waals surface area (Å²) in [5.41, 5.74) is 5.61. The van der Waals surface area contributed by atoms with Crippen molar-refractivity contribution in [2.45, 2.75) is 27.3 Å². The largest absolute Gasteiger partial charge is 0.337 e. The maximum absolute atomic E-state index is 13.0. The molecule has 25 heavy (non-hydrogen) atoms. The molecule has 0 saturated carbocycles. The summed E-state index contributed by atoms with van der Waals surface area (Å²) in [6, 6.07) is 18.0. The molecule has 2 aromatic carbocycles. The minimum Gasteiger partial charge on any atom is -0.337 e. The molecule has 4 heteroatoms. The lowest BCUT2D eigenvalue weighted by molar-refractivity contribution is 0.0783. The first-order chi connectivity index (χ1) is 12.0. The van der Waals surface area contributed by atoms with Crippen LogP contribution in [0.25, 0.3) is 5.69 Å². The van der Waals surface area contributed by atoms with E-state index in [0.29, 0.717) is 12.1 Å². The van der Waals surface area contributed by atoms with Crippen LogP contribution in [0.15, 0.2) is 54.6 Å². The van der Waals surface area contributed by atoms with Gasteiger partial charge in [-0.2, -0.15) is 5.10 Å². The van der Waals surface area contributed by atoms with Gasteiger partial charge in [0, 0.05) is 13.6 Å². The van der Waals surface area contributed by atoms with Crippen LogP contribution in [0.1, 0.15) is 32.9 Å². The van der Waals surface area contributed by atoms with E-state index in [9.17, 15) is 4.79 Å². The molecule has 0 spiro atoms. The van der Waals surface area contributed by atoms with Crippen LogP contribution in [0.5, 0.6) is 0 Å². The number of aryl methyl sites for hydroxylation is 2. The number of hydrogen-bond acceptors (Lipinski definition) is 2. The first kappa shape index (κ1) is 17.0. The smallest absolute Gasteiger partial charge is 0.257 e. The maximum atomic E-state index is 13.0. The molecule has 0 saturated heterocycles. The van der Waals surface area contributed by atoms with Gasteiger partial charge in [-0.3, -0.25) is 4.79 Å². The highest BCUT2D eigenvalue weighted by Gasteiger charge is 2.22. The second kappa shape index (κ2) is 6.93. The number of aromatic nitrogens is 2. The van der Waals surface area contributed by atoms with E-state index in [4.69, 9.17) is 0 Å². The molecule has 0 radical (unpaired) electrons. The molecule has 128 valence electrons. The minimum absolute atomic E-state index is 0.000402. The number of rotatable bonds is 4. The summed E-state index contributed by atoms with van der Waals surface area (Å²) in [7, 11) is 1.84. The number of amides is 1.